The van der Waals surface area contributed by atoms with Crippen LogP contribution in [0.2, 0.25) is 0 Å². The Labute approximate surface area is 121 Å². The average molecular weight is 292 g/mol. The summed E-state index contributed by atoms with van der Waals surface area (Å²) in [5, 5.41) is 0.531. The monoisotopic (exact) mass is 292 g/mol. The van der Waals surface area contributed by atoms with Crippen LogP contribution < -0.4 is 10.5 Å². The lowest BCUT2D eigenvalue weighted by Crippen LogP contribution is -2.21. The summed E-state index contributed by atoms with van der Waals surface area (Å²) in [5.74, 6) is 0.523. The molecule has 2 N–H and O–H groups in total. The van der Waals surface area contributed by atoms with E-state index in [4.69, 9.17) is 15.2 Å². The van der Waals surface area contributed by atoms with E-state index >= 15 is 0 Å². The summed E-state index contributed by atoms with van der Waals surface area (Å²) in [6.07, 6.45) is 5.47. The Morgan fingerprint density at radius 3 is 2.95 bits per heavy atom. The third-order valence-corrected chi connectivity index (χ3v) is 4.05. The standard InChI is InChI=1S/C13H16N4O2S/c14-12-16-7-11(20-12)10-1-4-15-13(17-10)19-8-9-2-5-18-6-3-9/h1,4,7,9H,2-3,5-6,8H2,(H2,14,16). The number of nitrogen functional groups attached to an aromatic ring is 1. The third-order valence-electron chi connectivity index (χ3n) is 3.20. The first-order chi connectivity index (χ1) is 9.81. The summed E-state index contributed by atoms with van der Waals surface area (Å²) in [4.78, 5) is 13.5. The maximum absolute atomic E-state index is 5.69. The van der Waals surface area contributed by atoms with Crippen molar-refractivity contribution in [2.24, 2.45) is 5.92 Å². The summed E-state index contributed by atoms with van der Waals surface area (Å²) in [5.41, 5.74) is 6.42. The second kappa shape index (κ2) is 6.15. The minimum atomic E-state index is 0.404. The van der Waals surface area contributed by atoms with Gasteiger partial charge in [-0.25, -0.2) is 9.97 Å². The number of hydrogen-bond donors (Lipinski definition) is 1. The summed E-state index contributed by atoms with van der Waals surface area (Å²) in [6.45, 7) is 2.27. The fourth-order valence-corrected chi connectivity index (χ4v) is 2.71. The van der Waals surface area contributed by atoms with Crippen LogP contribution in [0.15, 0.2) is 18.5 Å². The van der Waals surface area contributed by atoms with Crippen LogP contribution in [0, 0.1) is 5.92 Å². The SMILES string of the molecule is Nc1ncc(-c2ccnc(OCC3CCOCC3)n2)s1. The molecule has 0 radical (unpaired) electrons. The van der Waals surface area contributed by atoms with Gasteiger partial charge in [-0.1, -0.05) is 11.3 Å². The number of ether oxygens (including phenoxy) is 2. The minimum absolute atomic E-state index is 0.404. The first-order valence-electron chi connectivity index (χ1n) is 6.56. The Bertz CT molecular complexity index is 569. The fraction of sp³-hybridized carbons (Fsp3) is 0.462. The van der Waals surface area contributed by atoms with Gasteiger partial charge < -0.3 is 15.2 Å². The lowest BCUT2D eigenvalue weighted by Gasteiger charge is -2.21. The van der Waals surface area contributed by atoms with Crippen LogP contribution in [-0.4, -0.2) is 34.8 Å². The van der Waals surface area contributed by atoms with Gasteiger partial charge in [0.1, 0.15) is 0 Å². The van der Waals surface area contributed by atoms with E-state index in [2.05, 4.69) is 15.0 Å². The second-order valence-electron chi connectivity index (χ2n) is 4.65. The molecule has 0 bridgehead atoms. The van der Waals surface area contributed by atoms with Crippen molar-refractivity contribution in [3.05, 3.63) is 18.5 Å². The van der Waals surface area contributed by atoms with E-state index in [9.17, 15) is 0 Å². The number of aromatic nitrogens is 3. The number of hydrogen-bond acceptors (Lipinski definition) is 7. The molecule has 0 spiro atoms. The molecule has 2 aromatic rings. The molecule has 1 aliphatic heterocycles. The zero-order valence-corrected chi connectivity index (χ0v) is 11.8. The molecule has 2 aromatic heterocycles. The highest BCUT2D eigenvalue weighted by atomic mass is 32.1. The van der Waals surface area contributed by atoms with Crippen molar-refractivity contribution in [1.82, 2.24) is 15.0 Å². The van der Waals surface area contributed by atoms with Gasteiger partial charge in [0.05, 0.1) is 17.2 Å². The van der Waals surface area contributed by atoms with Gasteiger partial charge in [0.2, 0.25) is 0 Å². The van der Waals surface area contributed by atoms with Crippen molar-refractivity contribution in [3.63, 3.8) is 0 Å². The van der Waals surface area contributed by atoms with Gasteiger partial charge in [0.25, 0.3) is 0 Å². The molecule has 1 fully saturated rings. The first kappa shape index (κ1) is 13.3. The van der Waals surface area contributed by atoms with Crippen LogP contribution >= 0.6 is 11.3 Å². The highest BCUT2D eigenvalue weighted by molar-refractivity contribution is 7.18. The van der Waals surface area contributed by atoms with Crippen LogP contribution in [0.5, 0.6) is 6.01 Å². The lowest BCUT2D eigenvalue weighted by molar-refractivity contribution is 0.0482. The van der Waals surface area contributed by atoms with Crippen LogP contribution in [-0.2, 0) is 4.74 Å². The van der Waals surface area contributed by atoms with Crippen molar-refractivity contribution >= 4 is 16.5 Å². The largest absolute Gasteiger partial charge is 0.463 e. The molecule has 0 aromatic carbocycles. The van der Waals surface area contributed by atoms with E-state index in [-0.39, 0.29) is 0 Å². The predicted molar refractivity (Wildman–Crippen MR) is 76.6 cm³/mol. The molecule has 7 heteroatoms. The molecule has 0 amide bonds. The molecule has 1 saturated heterocycles. The zero-order valence-electron chi connectivity index (χ0n) is 11.0. The number of rotatable bonds is 4. The van der Waals surface area contributed by atoms with Crippen molar-refractivity contribution in [2.45, 2.75) is 12.8 Å². The van der Waals surface area contributed by atoms with Crippen LogP contribution in [0.1, 0.15) is 12.8 Å². The molecular weight excluding hydrogens is 276 g/mol. The number of anilines is 1. The smallest absolute Gasteiger partial charge is 0.316 e. The Kier molecular flexibility index (Phi) is 4.08. The molecule has 20 heavy (non-hydrogen) atoms. The van der Waals surface area contributed by atoms with E-state index in [0.717, 1.165) is 36.6 Å². The van der Waals surface area contributed by atoms with Crippen molar-refractivity contribution in [3.8, 4) is 16.6 Å². The number of nitrogens with two attached hydrogens (primary N) is 1. The quantitative estimate of drug-likeness (QED) is 0.927. The van der Waals surface area contributed by atoms with Gasteiger partial charge in [-0.15, -0.1) is 0 Å². The van der Waals surface area contributed by atoms with Gasteiger partial charge in [0, 0.05) is 25.6 Å². The summed E-state index contributed by atoms with van der Waals surface area (Å²) >= 11 is 1.40. The molecule has 6 nitrogen and oxygen atoms in total. The molecule has 1 aliphatic rings. The Morgan fingerprint density at radius 1 is 1.35 bits per heavy atom. The average Bonchev–Trinajstić information content (AvgIpc) is 2.93. The van der Waals surface area contributed by atoms with E-state index in [1.165, 1.54) is 11.3 Å². The third kappa shape index (κ3) is 3.23. The molecule has 3 heterocycles. The maximum Gasteiger partial charge on any atom is 0.316 e. The molecule has 0 unspecified atom stereocenters. The van der Waals surface area contributed by atoms with Crippen molar-refractivity contribution in [1.29, 1.82) is 0 Å². The van der Waals surface area contributed by atoms with E-state index < -0.39 is 0 Å². The second-order valence-corrected chi connectivity index (χ2v) is 5.72. The summed E-state index contributed by atoms with van der Waals surface area (Å²) in [7, 11) is 0. The first-order valence-corrected chi connectivity index (χ1v) is 7.38. The minimum Gasteiger partial charge on any atom is -0.463 e. The van der Waals surface area contributed by atoms with Crippen LogP contribution in [0.4, 0.5) is 5.13 Å². The lowest BCUT2D eigenvalue weighted by atomic mass is 10.0. The number of thiazole rings is 1. The van der Waals surface area contributed by atoms with Crippen molar-refractivity contribution < 1.29 is 9.47 Å². The maximum atomic E-state index is 5.69. The predicted octanol–water partition coefficient (Wildman–Crippen LogP) is 1.99. The highest BCUT2D eigenvalue weighted by Gasteiger charge is 2.15. The molecule has 3 rings (SSSR count). The van der Waals surface area contributed by atoms with Gasteiger partial charge >= 0.3 is 6.01 Å². The van der Waals surface area contributed by atoms with Crippen molar-refractivity contribution in [2.75, 3.05) is 25.6 Å². The molecule has 0 aliphatic carbocycles. The Balaban J connectivity index is 1.65. The van der Waals surface area contributed by atoms with Gasteiger partial charge in [-0.3, -0.25) is 0 Å². The van der Waals surface area contributed by atoms with Gasteiger partial charge in [-0.05, 0) is 24.8 Å². The molecule has 106 valence electrons. The fourth-order valence-electron chi connectivity index (χ4n) is 2.06. The topological polar surface area (TPSA) is 83.2 Å². The van der Waals surface area contributed by atoms with Crippen LogP contribution in [0.25, 0.3) is 10.6 Å². The van der Waals surface area contributed by atoms with E-state index in [1.807, 2.05) is 6.07 Å². The van der Waals surface area contributed by atoms with Crippen LogP contribution in [0.3, 0.4) is 0 Å². The Hall–Kier alpha value is -1.73. The normalized spacial score (nSPS) is 16.2. The van der Waals surface area contributed by atoms with E-state index in [0.29, 0.717) is 23.7 Å². The van der Waals surface area contributed by atoms with Gasteiger partial charge in [0.15, 0.2) is 5.13 Å². The Morgan fingerprint density at radius 2 is 2.20 bits per heavy atom. The molecule has 0 saturated carbocycles. The summed E-state index contributed by atoms with van der Waals surface area (Å²) in [6, 6.07) is 2.23. The zero-order chi connectivity index (χ0) is 13.8. The summed E-state index contributed by atoms with van der Waals surface area (Å²) < 4.78 is 11.0. The highest BCUT2D eigenvalue weighted by Crippen LogP contribution is 2.26. The molecule has 0 atom stereocenters. The van der Waals surface area contributed by atoms with Gasteiger partial charge in [-0.2, -0.15) is 4.98 Å². The number of nitrogens with zero attached hydrogens (tertiary/aromatic N) is 3. The molecular formula is C13H16N4O2S. The van der Waals surface area contributed by atoms with E-state index in [1.54, 1.807) is 12.4 Å².